The Morgan fingerprint density at radius 2 is 1.92 bits per heavy atom. The molecular formula is C22H30O2. The summed E-state index contributed by atoms with van der Waals surface area (Å²) >= 11 is 0. The summed E-state index contributed by atoms with van der Waals surface area (Å²) in [7, 11) is 0. The molecule has 2 saturated carbocycles. The second-order valence-electron chi connectivity index (χ2n) is 9.26. The van der Waals surface area contributed by atoms with Crippen molar-refractivity contribution >= 4 is 6.29 Å². The SMILES string of the molecule is CC1(C)COc2c(CC3CCCCC3)cc([C@@]3(C)C[C@@H]3C=O)cc21. The van der Waals surface area contributed by atoms with E-state index in [1.807, 2.05) is 0 Å². The Kier molecular flexibility index (Phi) is 3.78. The molecule has 130 valence electrons. The van der Waals surface area contributed by atoms with Crippen LogP contribution in [0.4, 0.5) is 0 Å². The van der Waals surface area contributed by atoms with Crippen molar-refractivity contribution in [2.75, 3.05) is 6.61 Å². The predicted octanol–water partition coefficient (Wildman–Crippen LogP) is 4.96. The lowest BCUT2D eigenvalue weighted by molar-refractivity contribution is -0.109. The maximum Gasteiger partial charge on any atom is 0.126 e. The zero-order valence-electron chi connectivity index (χ0n) is 15.4. The number of fused-ring (bicyclic) bond motifs is 1. The van der Waals surface area contributed by atoms with Crippen molar-refractivity contribution in [2.45, 2.75) is 76.5 Å². The van der Waals surface area contributed by atoms with E-state index in [2.05, 4.69) is 32.9 Å². The molecule has 0 amide bonds. The third kappa shape index (κ3) is 2.59. The highest BCUT2D eigenvalue weighted by Gasteiger charge is 2.52. The van der Waals surface area contributed by atoms with Crippen molar-refractivity contribution in [2.24, 2.45) is 11.8 Å². The molecule has 2 aliphatic carbocycles. The summed E-state index contributed by atoms with van der Waals surface area (Å²) in [5.74, 6) is 2.16. The molecule has 0 saturated heterocycles. The standard InChI is InChI=1S/C22H30O2/c1-21(2)14-24-20-16(9-15-7-5-4-6-8-15)10-17(11-19(20)21)22(3)12-18(22)13-23/h10-11,13,15,18H,4-9,12,14H2,1-3H3/t18-,22-/m1/s1. The van der Waals surface area contributed by atoms with Crippen LogP contribution in [0.2, 0.25) is 0 Å². The van der Waals surface area contributed by atoms with Crippen LogP contribution in [0.5, 0.6) is 5.75 Å². The van der Waals surface area contributed by atoms with Gasteiger partial charge < -0.3 is 9.53 Å². The van der Waals surface area contributed by atoms with Crippen LogP contribution >= 0.6 is 0 Å². The number of benzene rings is 1. The molecule has 0 radical (unpaired) electrons. The fraction of sp³-hybridized carbons (Fsp3) is 0.682. The van der Waals surface area contributed by atoms with Gasteiger partial charge in [0, 0.05) is 22.3 Å². The van der Waals surface area contributed by atoms with Gasteiger partial charge in [0.25, 0.3) is 0 Å². The smallest absolute Gasteiger partial charge is 0.126 e. The molecule has 1 aliphatic heterocycles. The molecule has 0 spiro atoms. The second kappa shape index (κ2) is 5.61. The van der Waals surface area contributed by atoms with Crippen molar-refractivity contribution in [1.29, 1.82) is 0 Å². The van der Waals surface area contributed by atoms with Crippen LogP contribution in [-0.4, -0.2) is 12.9 Å². The fourth-order valence-electron chi connectivity index (χ4n) is 4.80. The van der Waals surface area contributed by atoms with Gasteiger partial charge in [0.2, 0.25) is 0 Å². The summed E-state index contributed by atoms with van der Waals surface area (Å²) in [6.07, 6.45) is 10.2. The van der Waals surface area contributed by atoms with Crippen molar-refractivity contribution in [3.8, 4) is 5.75 Å². The van der Waals surface area contributed by atoms with E-state index in [0.29, 0.717) is 0 Å². The van der Waals surface area contributed by atoms with Crippen LogP contribution in [-0.2, 0) is 22.0 Å². The van der Waals surface area contributed by atoms with E-state index >= 15 is 0 Å². The van der Waals surface area contributed by atoms with E-state index in [4.69, 9.17) is 4.74 Å². The summed E-state index contributed by atoms with van der Waals surface area (Å²) in [6, 6.07) is 4.72. The molecule has 0 aromatic heterocycles. The number of rotatable bonds is 4. The Morgan fingerprint density at radius 3 is 2.58 bits per heavy atom. The van der Waals surface area contributed by atoms with Gasteiger partial charge in [0.05, 0.1) is 6.61 Å². The maximum atomic E-state index is 11.3. The van der Waals surface area contributed by atoms with Crippen molar-refractivity contribution < 1.29 is 9.53 Å². The topological polar surface area (TPSA) is 26.3 Å². The van der Waals surface area contributed by atoms with Crippen LogP contribution in [0.15, 0.2) is 12.1 Å². The largest absolute Gasteiger partial charge is 0.492 e. The van der Waals surface area contributed by atoms with E-state index < -0.39 is 0 Å². The van der Waals surface area contributed by atoms with Gasteiger partial charge >= 0.3 is 0 Å². The molecule has 2 nitrogen and oxygen atoms in total. The Hall–Kier alpha value is -1.31. The zero-order valence-corrected chi connectivity index (χ0v) is 15.4. The summed E-state index contributed by atoms with van der Waals surface area (Å²) in [5, 5.41) is 0. The molecule has 2 atom stereocenters. The van der Waals surface area contributed by atoms with Gasteiger partial charge in [0.15, 0.2) is 0 Å². The predicted molar refractivity (Wildman–Crippen MR) is 96.8 cm³/mol. The third-order valence-electron chi connectivity index (χ3n) is 6.83. The number of carbonyl (C=O) groups excluding carboxylic acids is 1. The van der Waals surface area contributed by atoms with Crippen LogP contribution < -0.4 is 4.74 Å². The number of ether oxygens (including phenoxy) is 1. The monoisotopic (exact) mass is 326 g/mol. The first-order valence-corrected chi connectivity index (χ1v) is 9.70. The van der Waals surface area contributed by atoms with Gasteiger partial charge in [-0.15, -0.1) is 0 Å². The normalized spacial score (nSPS) is 31.4. The first-order chi connectivity index (χ1) is 11.4. The van der Waals surface area contributed by atoms with Crippen molar-refractivity contribution in [1.82, 2.24) is 0 Å². The minimum atomic E-state index is 0.0523. The average molecular weight is 326 g/mol. The lowest BCUT2D eigenvalue weighted by Gasteiger charge is -2.24. The Labute approximate surface area is 146 Å². The first-order valence-electron chi connectivity index (χ1n) is 9.70. The quantitative estimate of drug-likeness (QED) is 0.731. The minimum absolute atomic E-state index is 0.0523. The van der Waals surface area contributed by atoms with E-state index in [9.17, 15) is 4.79 Å². The van der Waals surface area contributed by atoms with Crippen LogP contribution in [0.3, 0.4) is 0 Å². The van der Waals surface area contributed by atoms with Crippen molar-refractivity contribution in [3.63, 3.8) is 0 Å². The molecular weight excluding hydrogens is 296 g/mol. The minimum Gasteiger partial charge on any atom is -0.492 e. The lowest BCUT2D eigenvalue weighted by Crippen LogP contribution is -2.19. The number of carbonyl (C=O) groups is 1. The molecule has 0 N–H and O–H groups in total. The van der Waals surface area contributed by atoms with E-state index in [1.54, 1.807) is 0 Å². The Balaban J connectivity index is 1.72. The van der Waals surface area contributed by atoms with Crippen LogP contribution in [0, 0.1) is 11.8 Å². The van der Waals surface area contributed by atoms with Gasteiger partial charge in [-0.25, -0.2) is 0 Å². The third-order valence-corrected chi connectivity index (χ3v) is 6.83. The highest BCUT2D eigenvalue weighted by molar-refractivity contribution is 5.65. The highest BCUT2D eigenvalue weighted by Crippen LogP contribution is 2.55. The summed E-state index contributed by atoms with van der Waals surface area (Å²) in [6.45, 7) is 7.58. The maximum absolute atomic E-state index is 11.3. The fourth-order valence-corrected chi connectivity index (χ4v) is 4.80. The second-order valence-corrected chi connectivity index (χ2v) is 9.26. The Bertz CT molecular complexity index is 654. The molecule has 2 fully saturated rings. The molecule has 2 heteroatoms. The molecule has 3 aliphatic rings. The Morgan fingerprint density at radius 1 is 1.17 bits per heavy atom. The molecule has 0 bridgehead atoms. The molecule has 1 aromatic rings. The van der Waals surface area contributed by atoms with Crippen molar-refractivity contribution in [3.05, 3.63) is 28.8 Å². The zero-order chi connectivity index (χ0) is 16.9. The number of hydrogen-bond acceptors (Lipinski definition) is 2. The van der Waals surface area contributed by atoms with Crippen LogP contribution in [0.1, 0.15) is 76.0 Å². The highest BCUT2D eigenvalue weighted by atomic mass is 16.5. The van der Waals surface area contributed by atoms with Crippen LogP contribution in [0.25, 0.3) is 0 Å². The molecule has 24 heavy (non-hydrogen) atoms. The number of hydrogen-bond donors (Lipinski definition) is 0. The lowest BCUT2D eigenvalue weighted by atomic mass is 9.79. The molecule has 1 heterocycles. The summed E-state index contributed by atoms with van der Waals surface area (Å²) < 4.78 is 6.16. The summed E-state index contributed by atoms with van der Waals surface area (Å²) in [5.41, 5.74) is 4.26. The van der Waals surface area contributed by atoms with Gasteiger partial charge in [-0.3, -0.25) is 0 Å². The summed E-state index contributed by atoms with van der Waals surface area (Å²) in [4.78, 5) is 11.3. The average Bonchev–Trinajstić information content (AvgIpc) is 3.16. The first kappa shape index (κ1) is 16.2. The van der Waals surface area contributed by atoms with Gasteiger partial charge in [-0.05, 0) is 29.9 Å². The van der Waals surface area contributed by atoms with E-state index in [1.165, 1.54) is 48.8 Å². The van der Waals surface area contributed by atoms with Gasteiger partial charge in [-0.2, -0.15) is 0 Å². The van der Waals surface area contributed by atoms with Gasteiger partial charge in [-0.1, -0.05) is 65.0 Å². The molecule has 1 aromatic carbocycles. The van der Waals surface area contributed by atoms with E-state index in [-0.39, 0.29) is 16.7 Å². The molecule has 0 unspecified atom stereocenters. The van der Waals surface area contributed by atoms with E-state index in [0.717, 1.165) is 37.4 Å². The molecule has 4 rings (SSSR count). The van der Waals surface area contributed by atoms with Gasteiger partial charge in [0.1, 0.15) is 12.0 Å². The number of aldehydes is 1.